The van der Waals surface area contributed by atoms with Crippen molar-refractivity contribution >= 4 is 16.6 Å². The lowest BCUT2D eigenvalue weighted by Crippen LogP contribution is -2.36. The zero-order valence-corrected chi connectivity index (χ0v) is 16.5. The van der Waals surface area contributed by atoms with Gasteiger partial charge in [0.05, 0.1) is 19.1 Å². The smallest absolute Gasteiger partial charge is 0.123 e. The van der Waals surface area contributed by atoms with Crippen LogP contribution in [0.4, 0.5) is 10.1 Å². The molecule has 1 aliphatic rings. The number of fused-ring (bicyclic) bond motifs is 1. The summed E-state index contributed by atoms with van der Waals surface area (Å²) < 4.78 is 19.6. The summed E-state index contributed by atoms with van der Waals surface area (Å²) in [5.41, 5.74) is 4.56. The van der Waals surface area contributed by atoms with Gasteiger partial charge in [0.25, 0.3) is 0 Å². The SMILES string of the molecule is Oc1ccc(F)cc1[C@@H](c1cccc(N2CCOCC2)c1)c1cc2ccccc2[nH]1. The minimum atomic E-state index is -0.367. The molecule has 0 amide bonds. The molecule has 1 fully saturated rings. The fraction of sp³-hybridized carbons (Fsp3) is 0.200. The van der Waals surface area contributed by atoms with E-state index in [9.17, 15) is 9.50 Å². The monoisotopic (exact) mass is 402 g/mol. The van der Waals surface area contributed by atoms with Crippen LogP contribution in [0.15, 0.2) is 72.8 Å². The Morgan fingerprint density at radius 1 is 0.933 bits per heavy atom. The number of hydrogen-bond donors (Lipinski definition) is 2. The van der Waals surface area contributed by atoms with E-state index in [0.29, 0.717) is 18.8 Å². The average Bonchev–Trinajstić information content (AvgIpc) is 3.21. The summed E-state index contributed by atoms with van der Waals surface area (Å²) in [6.45, 7) is 3.10. The number of halogens is 1. The number of nitrogens with one attached hydrogen (secondary N) is 1. The van der Waals surface area contributed by atoms with Gasteiger partial charge in [-0.25, -0.2) is 4.39 Å². The highest BCUT2D eigenvalue weighted by atomic mass is 19.1. The summed E-state index contributed by atoms with van der Waals surface area (Å²) in [4.78, 5) is 5.76. The van der Waals surface area contributed by atoms with E-state index in [1.54, 1.807) is 0 Å². The van der Waals surface area contributed by atoms with E-state index in [1.807, 2.05) is 36.4 Å². The van der Waals surface area contributed by atoms with Crippen LogP contribution in [0.25, 0.3) is 10.9 Å². The van der Waals surface area contributed by atoms with E-state index in [0.717, 1.165) is 40.9 Å². The van der Waals surface area contributed by atoms with Crippen molar-refractivity contribution in [3.63, 3.8) is 0 Å². The van der Waals surface area contributed by atoms with E-state index < -0.39 is 0 Å². The number of phenolic OH excluding ortho intramolecular Hbond substituents is 1. The third-order valence-electron chi connectivity index (χ3n) is 5.74. The van der Waals surface area contributed by atoms with Gasteiger partial charge in [-0.05, 0) is 53.4 Å². The largest absolute Gasteiger partial charge is 0.508 e. The lowest BCUT2D eigenvalue weighted by atomic mass is 9.87. The number of aromatic nitrogens is 1. The van der Waals surface area contributed by atoms with Crippen LogP contribution in [0.5, 0.6) is 5.75 Å². The number of para-hydroxylation sites is 1. The van der Waals surface area contributed by atoms with Gasteiger partial charge in [-0.1, -0.05) is 30.3 Å². The molecule has 0 spiro atoms. The molecule has 0 aliphatic carbocycles. The van der Waals surface area contributed by atoms with Crippen LogP contribution in [0.1, 0.15) is 22.7 Å². The molecule has 1 atom stereocenters. The number of ether oxygens (including phenoxy) is 1. The Labute approximate surface area is 174 Å². The fourth-order valence-corrected chi connectivity index (χ4v) is 4.26. The van der Waals surface area contributed by atoms with Crippen LogP contribution in [-0.2, 0) is 4.74 Å². The topological polar surface area (TPSA) is 48.5 Å². The highest BCUT2D eigenvalue weighted by Crippen LogP contribution is 2.39. The number of anilines is 1. The molecule has 1 saturated heterocycles. The van der Waals surface area contributed by atoms with E-state index in [2.05, 4.69) is 28.1 Å². The van der Waals surface area contributed by atoms with Crippen molar-refractivity contribution in [3.05, 3.63) is 95.4 Å². The summed E-state index contributed by atoms with van der Waals surface area (Å²) in [6, 6.07) is 22.5. The van der Waals surface area contributed by atoms with Gasteiger partial charge in [0, 0.05) is 35.6 Å². The molecular weight excluding hydrogens is 379 g/mol. The van der Waals surface area contributed by atoms with Gasteiger partial charge in [-0.3, -0.25) is 0 Å². The molecule has 30 heavy (non-hydrogen) atoms. The molecular formula is C25H23FN2O2. The van der Waals surface area contributed by atoms with Gasteiger partial charge >= 0.3 is 0 Å². The van der Waals surface area contributed by atoms with Gasteiger partial charge < -0.3 is 19.7 Å². The lowest BCUT2D eigenvalue weighted by molar-refractivity contribution is 0.122. The molecule has 2 heterocycles. The van der Waals surface area contributed by atoms with Gasteiger partial charge in [0.15, 0.2) is 0 Å². The predicted molar refractivity (Wildman–Crippen MR) is 117 cm³/mol. The Kier molecular flexibility index (Phi) is 4.89. The van der Waals surface area contributed by atoms with Gasteiger partial charge in [-0.15, -0.1) is 0 Å². The van der Waals surface area contributed by atoms with E-state index >= 15 is 0 Å². The van der Waals surface area contributed by atoms with Crippen molar-refractivity contribution in [2.45, 2.75) is 5.92 Å². The van der Waals surface area contributed by atoms with E-state index in [4.69, 9.17) is 4.74 Å². The molecule has 0 saturated carbocycles. The third-order valence-corrected chi connectivity index (χ3v) is 5.74. The highest BCUT2D eigenvalue weighted by Gasteiger charge is 2.24. The van der Waals surface area contributed by atoms with Gasteiger partial charge in [0.1, 0.15) is 11.6 Å². The molecule has 152 valence electrons. The Balaban J connectivity index is 1.65. The zero-order valence-electron chi connectivity index (χ0n) is 16.5. The van der Waals surface area contributed by atoms with E-state index in [1.165, 1.54) is 18.2 Å². The molecule has 4 nitrogen and oxygen atoms in total. The van der Waals surface area contributed by atoms with Crippen LogP contribution in [-0.4, -0.2) is 36.4 Å². The second kappa shape index (κ2) is 7.84. The van der Waals surface area contributed by atoms with Crippen molar-refractivity contribution in [1.29, 1.82) is 0 Å². The van der Waals surface area contributed by atoms with Crippen LogP contribution in [0, 0.1) is 5.82 Å². The Bertz CT molecular complexity index is 1150. The fourth-order valence-electron chi connectivity index (χ4n) is 4.26. The van der Waals surface area contributed by atoms with Crippen molar-refractivity contribution in [3.8, 4) is 5.75 Å². The first-order chi connectivity index (χ1) is 14.7. The van der Waals surface area contributed by atoms with Crippen molar-refractivity contribution in [2.24, 2.45) is 0 Å². The number of aromatic hydroxyl groups is 1. The first-order valence-corrected chi connectivity index (χ1v) is 10.2. The summed E-state index contributed by atoms with van der Waals surface area (Å²) in [5, 5.41) is 11.7. The van der Waals surface area contributed by atoms with Crippen molar-refractivity contribution in [2.75, 3.05) is 31.2 Å². The predicted octanol–water partition coefficient (Wildman–Crippen LogP) is 5.03. The normalized spacial score (nSPS) is 15.4. The van der Waals surface area contributed by atoms with Crippen molar-refractivity contribution in [1.82, 2.24) is 4.98 Å². The standard InChI is InChI=1S/C25H23FN2O2/c26-19-8-9-24(29)21(16-19)25(23-15-17-4-1-2-7-22(17)27-23)18-5-3-6-20(14-18)28-10-12-30-13-11-28/h1-9,14-16,25,27,29H,10-13H2/t25-/m1/s1. The summed E-state index contributed by atoms with van der Waals surface area (Å²) in [7, 11) is 0. The second-order valence-corrected chi connectivity index (χ2v) is 7.64. The molecule has 5 rings (SSSR count). The number of H-pyrrole nitrogens is 1. The number of benzene rings is 3. The maximum absolute atomic E-state index is 14.2. The molecule has 4 aromatic rings. The minimum absolute atomic E-state index is 0.0804. The Morgan fingerprint density at radius 3 is 2.60 bits per heavy atom. The van der Waals surface area contributed by atoms with Crippen LogP contribution < -0.4 is 4.90 Å². The summed E-state index contributed by atoms with van der Waals surface area (Å²) in [6.07, 6.45) is 0. The van der Waals surface area contributed by atoms with Gasteiger partial charge in [0.2, 0.25) is 0 Å². The number of phenols is 1. The first kappa shape index (κ1) is 18.7. The number of rotatable bonds is 4. The third kappa shape index (κ3) is 3.53. The quantitative estimate of drug-likeness (QED) is 0.503. The summed E-state index contributed by atoms with van der Waals surface area (Å²) >= 11 is 0. The van der Waals surface area contributed by atoms with Crippen LogP contribution in [0.3, 0.4) is 0 Å². The van der Waals surface area contributed by atoms with Crippen LogP contribution >= 0.6 is 0 Å². The maximum atomic E-state index is 14.2. The van der Waals surface area contributed by atoms with Gasteiger partial charge in [-0.2, -0.15) is 0 Å². The zero-order chi connectivity index (χ0) is 20.5. The summed E-state index contributed by atoms with van der Waals surface area (Å²) in [5.74, 6) is -0.612. The molecule has 1 aliphatic heterocycles. The number of nitrogens with zero attached hydrogens (tertiary/aromatic N) is 1. The molecule has 1 aromatic heterocycles. The number of aromatic amines is 1. The second-order valence-electron chi connectivity index (χ2n) is 7.64. The maximum Gasteiger partial charge on any atom is 0.123 e. The number of hydrogen-bond acceptors (Lipinski definition) is 3. The molecule has 3 aromatic carbocycles. The number of morpholine rings is 1. The minimum Gasteiger partial charge on any atom is -0.508 e. The average molecular weight is 402 g/mol. The van der Waals surface area contributed by atoms with Crippen LogP contribution in [0.2, 0.25) is 0 Å². The lowest BCUT2D eigenvalue weighted by Gasteiger charge is -2.30. The molecule has 0 bridgehead atoms. The van der Waals surface area contributed by atoms with E-state index in [-0.39, 0.29) is 17.5 Å². The Hall–Kier alpha value is -3.31. The first-order valence-electron chi connectivity index (χ1n) is 10.2. The van der Waals surface area contributed by atoms with Crippen molar-refractivity contribution < 1.29 is 14.2 Å². The molecule has 0 unspecified atom stereocenters. The molecule has 5 heteroatoms. The molecule has 2 N–H and O–H groups in total. The Morgan fingerprint density at radius 2 is 1.77 bits per heavy atom. The molecule has 0 radical (unpaired) electrons. The highest BCUT2D eigenvalue weighted by molar-refractivity contribution is 5.81.